The first-order valence-corrected chi connectivity index (χ1v) is 13.0. The van der Waals surface area contributed by atoms with Gasteiger partial charge < -0.3 is 0 Å². The van der Waals surface area contributed by atoms with Crippen molar-refractivity contribution >= 4 is 7.91 Å². The van der Waals surface area contributed by atoms with E-state index >= 15 is 0 Å². The van der Waals surface area contributed by atoms with E-state index in [1.807, 2.05) is 0 Å². The van der Waals surface area contributed by atoms with Gasteiger partial charge in [-0.05, 0) is 0 Å². The SMILES string of the molecule is CCCCCCCCC=CC=[CH][Pt]([c]1ccccc1)[c]1ccccc1. The average Bonchev–Trinajstić information content (AvgIpc) is 2.67. The van der Waals surface area contributed by atoms with Crippen molar-refractivity contribution in [3.8, 4) is 0 Å². The molecule has 137 valence electrons. The van der Waals surface area contributed by atoms with Crippen molar-refractivity contribution in [2.24, 2.45) is 0 Å². The predicted molar refractivity (Wildman–Crippen MR) is 108 cm³/mol. The molecule has 0 atom stereocenters. The quantitative estimate of drug-likeness (QED) is 0.252. The van der Waals surface area contributed by atoms with Gasteiger partial charge in [-0.1, -0.05) is 0 Å². The van der Waals surface area contributed by atoms with Crippen molar-refractivity contribution in [3.63, 3.8) is 0 Å². The fourth-order valence-electron chi connectivity index (χ4n) is 2.57. The number of benzene rings is 2. The van der Waals surface area contributed by atoms with Gasteiger partial charge in [0, 0.05) is 0 Å². The first-order valence-electron chi connectivity index (χ1n) is 9.44. The summed E-state index contributed by atoms with van der Waals surface area (Å²) in [7, 11) is 0. The molecule has 0 unspecified atom stereocenters. The third-order valence-electron chi connectivity index (χ3n) is 3.96. The summed E-state index contributed by atoms with van der Waals surface area (Å²) in [5.74, 6) is 0. The number of rotatable bonds is 11. The van der Waals surface area contributed by atoms with Crippen LogP contribution in [0, 0.1) is 0 Å². The fraction of sp³-hybridized carbons (Fsp3) is 0.333. The third kappa shape index (κ3) is 8.02. The van der Waals surface area contributed by atoms with E-state index in [2.05, 4.69) is 90.3 Å². The molecule has 0 bridgehead atoms. The fourth-order valence-corrected chi connectivity index (χ4v) is 7.40. The van der Waals surface area contributed by atoms with E-state index in [4.69, 9.17) is 0 Å². The second kappa shape index (κ2) is 12.9. The van der Waals surface area contributed by atoms with Gasteiger partial charge in [0.15, 0.2) is 0 Å². The molecule has 0 aliphatic rings. The van der Waals surface area contributed by atoms with E-state index in [1.165, 1.54) is 52.9 Å². The van der Waals surface area contributed by atoms with E-state index in [0.29, 0.717) is 0 Å². The van der Waals surface area contributed by atoms with Gasteiger partial charge in [-0.2, -0.15) is 0 Å². The summed E-state index contributed by atoms with van der Waals surface area (Å²) in [5.41, 5.74) is 0. The van der Waals surface area contributed by atoms with E-state index in [1.54, 1.807) is 0 Å². The normalized spacial score (nSPS) is 12.1. The molecule has 0 heterocycles. The average molecular weight is 515 g/mol. The molecule has 0 aliphatic heterocycles. The Labute approximate surface area is 160 Å². The molecule has 0 spiro atoms. The van der Waals surface area contributed by atoms with Crippen LogP contribution in [0.25, 0.3) is 0 Å². The molecule has 2 aromatic carbocycles. The number of hydrogen-bond acceptors (Lipinski definition) is 0. The summed E-state index contributed by atoms with van der Waals surface area (Å²) in [6.07, 6.45) is 16.3. The van der Waals surface area contributed by atoms with Crippen LogP contribution in [0.15, 0.2) is 83.4 Å². The monoisotopic (exact) mass is 514 g/mol. The maximum absolute atomic E-state index is 2.47. The molecule has 0 aromatic heterocycles. The second-order valence-electron chi connectivity index (χ2n) is 6.06. The molecule has 0 N–H and O–H groups in total. The molecule has 0 amide bonds. The Morgan fingerprint density at radius 2 is 1.24 bits per heavy atom. The Morgan fingerprint density at radius 1 is 0.680 bits per heavy atom. The van der Waals surface area contributed by atoms with Crippen molar-refractivity contribution in [1.82, 2.24) is 0 Å². The number of unbranched alkanes of at least 4 members (excludes halogenated alkanes) is 6. The Balaban J connectivity index is 1.85. The zero-order chi connectivity index (χ0) is 17.6. The van der Waals surface area contributed by atoms with Crippen LogP contribution >= 0.6 is 0 Å². The molecule has 0 saturated heterocycles. The molecule has 0 fully saturated rings. The van der Waals surface area contributed by atoms with Gasteiger partial charge in [-0.15, -0.1) is 0 Å². The van der Waals surface area contributed by atoms with Crippen LogP contribution in [-0.4, -0.2) is 0 Å². The zero-order valence-corrected chi connectivity index (χ0v) is 17.6. The van der Waals surface area contributed by atoms with E-state index in [9.17, 15) is 0 Å². The topological polar surface area (TPSA) is 0 Å². The van der Waals surface area contributed by atoms with Gasteiger partial charge in [0.1, 0.15) is 0 Å². The van der Waals surface area contributed by atoms with E-state index in [0.717, 1.165) is 0 Å². The molecular weight excluding hydrogens is 483 g/mol. The standard InChI is InChI=1S/C12H21.2C6H5.Pt/c1-3-5-7-9-11-12-10-8-6-4-2;2*1-2-4-6-5-3-1;/h1,3,5,7H,4,6,8-12H2,2H3;2*1-5H;. The van der Waals surface area contributed by atoms with Crippen LogP contribution in [0.5, 0.6) is 0 Å². The third-order valence-corrected chi connectivity index (χ3v) is 9.49. The van der Waals surface area contributed by atoms with Crippen LogP contribution in [0.1, 0.15) is 51.9 Å². The minimum atomic E-state index is -1.47. The Morgan fingerprint density at radius 3 is 1.84 bits per heavy atom. The Hall–Kier alpha value is -1.39. The van der Waals surface area contributed by atoms with Crippen LogP contribution in [-0.2, 0) is 17.3 Å². The van der Waals surface area contributed by atoms with Gasteiger partial charge in [-0.3, -0.25) is 0 Å². The van der Waals surface area contributed by atoms with Gasteiger partial charge in [0.25, 0.3) is 0 Å². The maximum atomic E-state index is 2.47. The van der Waals surface area contributed by atoms with Crippen LogP contribution in [0.4, 0.5) is 0 Å². The molecule has 1 heteroatoms. The van der Waals surface area contributed by atoms with Crippen molar-refractivity contribution < 1.29 is 17.3 Å². The summed E-state index contributed by atoms with van der Waals surface area (Å²) < 4.78 is 5.46. The summed E-state index contributed by atoms with van der Waals surface area (Å²) >= 11 is -1.47. The molecule has 0 radical (unpaired) electrons. The van der Waals surface area contributed by atoms with Crippen LogP contribution < -0.4 is 7.91 Å². The first kappa shape index (κ1) is 19.9. The molecule has 25 heavy (non-hydrogen) atoms. The summed E-state index contributed by atoms with van der Waals surface area (Å²) in [5, 5.41) is 0. The van der Waals surface area contributed by atoms with Crippen molar-refractivity contribution in [1.29, 1.82) is 0 Å². The van der Waals surface area contributed by atoms with Crippen molar-refractivity contribution in [2.45, 2.75) is 51.9 Å². The van der Waals surface area contributed by atoms with Crippen LogP contribution in [0.3, 0.4) is 0 Å². The molecule has 0 nitrogen and oxygen atoms in total. The number of hydrogen-bond donors (Lipinski definition) is 0. The number of allylic oxidation sites excluding steroid dienone is 3. The zero-order valence-electron chi connectivity index (χ0n) is 15.3. The van der Waals surface area contributed by atoms with Gasteiger partial charge >= 0.3 is 160 Å². The van der Waals surface area contributed by atoms with Crippen molar-refractivity contribution in [2.75, 3.05) is 0 Å². The molecular formula is C24H31Pt. The molecule has 2 aromatic rings. The summed E-state index contributed by atoms with van der Waals surface area (Å²) in [6, 6.07) is 22.0. The van der Waals surface area contributed by atoms with Gasteiger partial charge in [0.2, 0.25) is 0 Å². The summed E-state index contributed by atoms with van der Waals surface area (Å²) in [6.45, 7) is 2.27. The van der Waals surface area contributed by atoms with Crippen LogP contribution in [0.2, 0.25) is 0 Å². The second-order valence-corrected chi connectivity index (χ2v) is 11.3. The summed E-state index contributed by atoms with van der Waals surface area (Å²) in [4.78, 5) is 0. The Bertz CT molecular complexity index is 574. The van der Waals surface area contributed by atoms with Gasteiger partial charge in [-0.25, -0.2) is 0 Å². The minimum absolute atomic E-state index is 1.21. The Kier molecular flexibility index (Phi) is 10.3. The van der Waals surface area contributed by atoms with E-state index in [-0.39, 0.29) is 0 Å². The van der Waals surface area contributed by atoms with Gasteiger partial charge in [0.05, 0.1) is 0 Å². The van der Waals surface area contributed by atoms with E-state index < -0.39 is 17.3 Å². The molecule has 0 aliphatic carbocycles. The predicted octanol–water partition coefficient (Wildman–Crippen LogP) is 6.08. The first-order chi connectivity index (χ1) is 12.4. The molecule has 0 saturated carbocycles. The molecule has 2 rings (SSSR count). The van der Waals surface area contributed by atoms with Crippen molar-refractivity contribution in [3.05, 3.63) is 83.4 Å².